The number of hydrogen-bond acceptors (Lipinski definition) is 15. The van der Waals surface area contributed by atoms with Crippen LogP contribution in [0.3, 0.4) is 0 Å². The number of carbonyl (C=O) groups excluding carboxylic acids is 4. The van der Waals surface area contributed by atoms with Gasteiger partial charge in [0, 0.05) is 25.7 Å². The van der Waals surface area contributed by atoms with Crippen molar-refractivity contribution in [3.8, 4) is 0 Å². The summed E-state index contributed by atoms with van der Waals surface area (Å²) in [6.07, 6.45) is 92.3. The van der Waals surface area contributed by atoms with Crippen molar-refractivity contribution < 1.29 is 80.2 Å². The maximum Gasteiger partial charge on any atom is 0.472 e. The lowest BCUT2D eigenvalue weighted by Crippen LogP contribution is -2.30. The summed E-state index contributed by atoms with van der Waals surface area (Å²) in [7, 11) is -9.99. The van der Waals surface area contributed by atoms with Gasteiger partial charge in [0.05, 0.1) is 26.4 Å². The van der Waals surface area contributed by atoms with Crippen LogP contribution < -0.4 is 0 Å². The largest absolute Gasteiger partial charge is 0.472 e. The Labute approximate surface area is 656 Å². The summed E-state index contributed by atoms with van der Waals surface area (Å²) < 4.78 is 68.7. The summed E-state index contributed by atoms with van der Waals surface area (Å²) in [6.45, 7) is 4.59. The molecule has 0 radical (unpaired) electrons. The molecule has 0 aromatic heterocycles. The van der Waals surface area contributed by atoms with E-state index < -0.39 is 97.5 Å². The van der Waals surface area contributed by atoms with E-state index in [1.54, 1.807) is 0 Å². The minimum atomic E-state index is -5.00. The molecule has 618 valence electrons. The topological polar surface area (TPSA) is 237 Å². The fourth-order valence-corrected chi connectivity index (χ4v) is 12.4. The zero-order chi connectivity index (χ0) is 78.9. The molecule has 0 aliphatic carbocycles. The van der Waals surface area contributed by atoms with Crippen molar-refractivity contribution in [1.29, 1.82) is 0 Å². The van der Waals surface area contributed by atoms with Crippen molar-refractivity contribution in [2.24, 2.45) is 0 Å². The SMILES string of the molecule is CC/C=C\C/C=C\C/C=C\C/C=C\CCCCCCC(=O)OCC(COP(=O)(O)OCC(O)COP(=O)(O)OCC(COC(=O)CCCCCCCC/C=C\C/C=C\C/C=C\CCCCC)OC(=O)CCCCCCCC/C=C\C/C=C\C/C=C\CCCCC)OC(=O)CCCCCCC/C=C\C/C=C\CCC. The van der Waals surface area contributed by atoms with Crippen LogP contribution in [-0.4, -0.2) is 96.7 Å². The first-order valence-electron chi connectivity index (χ1n) is 42.1. The molecule has 0 aromatic rings. The number of carbonyl (C=O) groups is 4. The molecule has 0 amide bonds. The van der Waals surface area contributed by atoms with E-state index in [1.807, 2.05) is 0 Å². The summed E-state index contributed by atoms with van der Waals surface area (Å²) in [5.74, 6) is -2.24. The van der Waals surface area contributed by atoms with Crippen molar-refractivity contribution in [3.05, 3.63) is 146 Å². The van der Waals surface area contributed by atoms with E-state index in [0.717, 1.165) is 218 Å². The summed E-state index contributed by atoms with van der Waals surface area (Å²) in [5, 5.41) is 10.7. The molecular weight excluding hydrogens is 1400 g/mol. The van der Waals surface area contributed by atoms with Gasteiger partial charge >= 0.3 is 39.5 Å². The fraction of sp³-hybridized carbons (Fsp3) is 0.685. The van der Waals surface area contributed by atoms with E-state index in [1.165, 1.54) is 38.5 Å². The van der Waals surface area contributed by atoms with Crippen molar-refractivity contribution in [3.63, 3.8) is 0 Å². The zero-order valence-corrected chi connectivity index (χ0v) is 69.5. The Balaban J connectivity index is 5.42. The Morgan fingerprint density at radius 3 is 0.778 bits per heavy atom. The third kappa shape index (κ3) is 79.0. The summed E-state index contributed by atoms with van der Waals surface area (Å²) >= 11 is 0. The van der Waals surface area contributed by atoms with E-state index in [-0.39, 0.29) is 25.7 Å². The van der Waals surface area contributed by atoms with Crippen LogP contribution in [0.5, 0.6) is 0 Å². The highest BCUT2D eigenvalue weighted by Crippen LogP contribution is 2.45. The first-order valence-corrected chi connectivity index (χ1v) is 45.1. The Kier molecular flexibility index (Phi) is 76.3. The van der Waals surface area contributed by atoms with Crippen molar-refractivity contribution >= 4 is 39.5 Å². The molecule has 0 rings (SSSR count). The number of phosphoric acid groups is 2. The van der Waals surface area contributed by atoms with Crippen LogP contribution in [0.15, 0.2) is 146 Å². The van der Waals surface area contributed by atoms with E-state index in [2.05, 4.69) is 174 Å². The lowest BCUT2D eigenvalue weighted by molar-refractivity contribution is -0.161. The minimum Gasteiger partial charge on any atom is -0.462 e. The minimum absolute atomic E-state index is 0.0689. The quantitative estimate of drug-likeness (QED) is 0.0169. The molecule has 0 aromatic carbocycles. The van der Waals surface area contributed by atoms with Gasteiger partial charge in [0.1, 0.15) is 19.3 Å². The number of hydrogen-bond donors (Lipinski definition) is 3. The van der Waals surface area contributed by atoms with Crippen molar-refractivity contribution in [2.75, 3.05) is 39.6 Å². The lowest BCUT2D eigenvalue weighted by Gasteiger charge is -2.21. The fourth-order valence-electron chi connectivity index (χ4n) is 10.9. The molecule has 0 heterocycles. The molecule has 0 aliphatic rings. The molecular formula is C89H150O17P2. The molecule has 5 atom stereocenters. The maximum atomic E-state index is 13.1. The Bertz CT molecular complexity index is 2610. The smallest absolute Gasteiger partial charge is 0.462 e. The number of phosphoric ester groups is 2. The molecule has 0 bridgehead atoms. The third-order valence-electron chi connectivity index (χ3n) is 17.2. The molecule has 3 N–H and O–H groups in total. The highest BCUT2D eigenvalue weighted by molar-refractivity contribution is 7.47. The highest BCUT2D eigenvalue weighted by Gasteiger charge is 2.30. The van der Waals surface area contributed by atoms with Gasteiger partial charge in [0.25, 0.3) is 0 Å². The van der Waals surface area contributed by atoms with Crippen molar-refractivity contribution in [2.45, 2.75) is 354 Å². The van der Waals surface area contributed by atoms with Gasteiger partial charge in [-0.3, -0.25) is 37.3 Å². The average Bonchev–Trinajstić information content (AvgIpc) is 0.887. The third-order valence-corrected chi connectivity index (χ3v) is 19.1. The number of aliphatic hydroxyl groups excluding tert-OH is 1. The first-order chi connectivity index (χ1) is 52.7. The summed E-state index contributed by atoms with van der Waals surface area (Å²) in [5.41, 5.74) is 0. The number of allylic oxidation sites excluding steroid dienone is 24. The lowest BCUT2D eigenvalue weighted by atomic mass is 10.1. The molecule has 17 nitrogen and oxygen atoms in total. The Morgan fingerprint density at radius 1 is 0.269 bits per heavy atom. The van der Waals surface area contributed by atoms with Crippen LogP contribution in [-0.2, 0) is 65.4 Å². The average molecular weight is 1550 g/mol. The van der Waals surface area contributed by atoms with Gasteiger partial charge in [-0.25, -0.2) is 9.13 Å². The number of aliphatic hydroxyl groups is 1. The second-order valence-corrected chi connectivity index (χ2v) is 30.6. The van der Waals surface area contributed by atoms with Crippen LogP contribution in [0, 0.1) is 0 Å². The van der Waals surface area contributed by atoms with Crippen LogP contribution in [0.4, 0.5) is 0 Å². The Morgan fingerprint density at radius 2 is 0.500 bits per heavy atom. The van der Waals surface area contributed by atoms with Gasteiger partial charge < -0.3 is 33.8 Å². The monoisotopic (exact) mass is 1550 g/mol. The number of rotatable bonds is 78. The van der Waals surface area contributed by atoms with Crippen LogP contribution >= 0.6 is 15.6 Å². The summed E-state index contributed by atoms with van der Waals surface area (Å²) in [6, 6.07) is 0. The van der Waals surface area contributed by atoms with Crippen molar-refractivity contribution in [1.82, 2.24) is 0 Å². The van der Waals surface area contributed by atoms with Gasteiger partial charge in [0.2, 0.25) is 0 Å². The number of unbranched alkanes of at least 4 members (excludes halogenated alkanes) is 28. The zero-order valence-electron chi connectivity index (χ0n) is 67.7. The van der Waals surface area contributed by atoms with E-state index in [4.69, 9.17) is 37.0 Å². The molecule has 0 aliphatic heterocycles. The van der Waals surface area contributed by atoms with Gasteiger partial charge in [-0.1, -0.05) is 289 Å². The van der Waals surface area contributed by atoms with E-state index in [0.29, 0.717) is 25.7 Å². The predicted octanol–water partition coefficient (Wildman–Crippen LogP) is 25.0. The molecule has 0 saturated carbocycles. The molecule has 0 saturated heterocycles. The summed E-state index contributed by atoms with van der Waals surface area (Å²) in [4.78, 5) is 73.2. The van der Waals surface area contributed by atoms with Crippen LogP contribution in [0.1, 0.15) is 336 Å². The maximum absolute atomic E-state index is 13.1. The predicted molar refractivity (Wildman–Crippen MR) is 445 cm³/mol. The standard InChI is InChI=1S/C89H150O17P2/c1-5-9-13-17-21-25-29-33-36-39-41-44-47-51-54-58-62-66-70-74-87(92)100-80-85(106-89(94)76-72-68-64-60-56-52-48-45-42-40-37-34-30-26-22-18-14-10-6-2)82-104-108(97,98)102-78-83(90)77-101-107(95,96)103-81-84(105-88(93)75-71-67-63-59-55-49-32-28-24-20-16-12-8-4)79-99-86(91)73-69-65-61-57-53-50-46-43-38-35-31-27-23-19-15-11-7-3/h11,15-16,20-23,25-28,32-38,41-42,44-46,50,83-85,90H,5-10,12-14,17-19,24,29-31,39-40,43,47-49,51-82H2,1-4H3,(H,95,96)(H,97,98)/b15-11-,20-16-,25-21-,26-22-,27-23-,32-28-,36-33-,37-34-,38-35-,44-41-,45-42-,50-46-. The van der Waals surface area contributed by atoms with Gasteiger partial charge in [-0.05, 0) is 167 Å². The Hall–Kier alpha value is -5.06. The molecule has 0 fully saturated rings. The molecule has 5 unspecified atom stereocenters. The highest BCUT2D eigenvalue weighted by atomic mass is 31.2. The molecule has 19 heteroatoms. The van der Waals surface area contributed by atoms with E-state index >= 15 is 0 Å². The number of esters is 4. The normalized spacial score (nSPS) is 14.5. The van der Waals surface area contributed by atoms with Crippen LogP contribution in [0.2, 0.25) is 0 Å². The molecule has 108 heavy (non-hydrogen) atoms. The van der Waals surface area contributed by atoms with Gasteiger partial charge in [-0.2, -0.15) is 0 Å². The van der Waals surface area contributed by atoms with E-state index in [9.17, 15) is 43.2 Å². The van der Waals surface area contributed by atoms with Gasteiger partial charge in [0.15, 0.2) is 12.2 Å². The first kappa shape index (κ1) is 103. The second kappa shape index (κ2) is 80.0. The second-order valence-electron chi connectivity index (χ2n) is 27.7. The number of ether oxygens (including phenoxy) is 4. The van der Waals surface area contributed by atoms with Gasteiger partial charge in [-0.15, -0.1) is 0 Å². The van der Waals surface area contributed by atoms with Crippen LogP contribution in [0.25, 0.3) is 0 Å². The molecule has 0 spiro atoms.